The Labute approximate surface area is 118 Å². The number of fused-ring (bicyclic) bond motifs is 1. The van der Waals surface area contributed by atoms with Crippen LogP contribution < -0.4 is 0 Å². The van der Waals surface area contributed by atoms with Crippen LogP contribution in [0.3, 0.4) is 0 Å². The molecular formula is C13H12BrClO3. The Balaban J connectivity index is 2.95. The van der Waals surface area contributed by atoms with Gasteiger partial charge in [0.15, 0.2) is 0 Å². The highest BCUT2D eigenvalue weighted by molar-refractivity contribution is 9.10. The summed E-state index contributed by atoms with van der Waals surface area (Å²) in [4.78, 5) is 11.3. The molecule has 3 nitrogen and oxygen atoms in total. The van der Waals surface area contributed by atoms with Crippen molar-refractivity contribution < 1.29 is 14.3 Å². The lowest BCUT2D eigenvalue weighted by Gasteiger charge is -2.18. The third-order valence-electron chi connectivity index (χ3n) is 2.65. The molecule has 0 aliphatic rings. The molecule has 0 fully saturated rings. The highest BCUT2D eigenvalue weighted by atomic mass is 79.9. The third kappa shape index (κ3) is 2.15. The van der Waals surface area contributed by atoms with E-state index >= 15 is 0 Å². The number of carboxylic acids is 1. The number of hydrogen-bond donors (Lipinski definition) is 1. The van der Waals surface area contributed by atoms with Gasteiger partial charge >= 0.3 is 5.97 Å². The zero-order valence-corrected chi connectivity index (χ0v) is 12.5. The molecule has 0 atom stereocenters. The first-order valence-electron chi connectivity index (χ1n) is 5.37. The van der Waals surface area contributed by atoms with Gasteiger partial charge in [-0.2, -0.15) is 0 Å². The maximum Gasteiger partial charge on any atom is 0.372 e. The van der Waals surface area contributed by atoms with Gasteiger partial charge in [-0.05, 0) is 33.5 Å². The molecule has 18 heavy (non-hydrogen) atoms. The summed E-state index contributed by atoms with van der Waals surface area (Å²) in [5.41, 5.74) is 0.832. The second-order valence-corrected chi connectivity index (χ2v) is 6.42. The van der Waals surface area contributed by atoms with Gasteiger partial charge in [0.05, 0.1) is 4.47 Å². The summed E-state index contributed by atoms with van der Waals surface area (Å²) in [5, 5.41) is 10.5. The molecule has 2 aromatic rings. The fourth-order valence-electron chi connectivity index (χ4n) is 2.02. The highest BCUT2D eigenvalue weighted by Crippen LogP contribution is 2.39. The molecule has 0 unspecified atom stereocenters. The first-order chi connectivity index (χ1) is 8.21. The Kier molecular flexibility index (Phi) is 3.19. The van der Waals surface area contributed by atoms with Crippen molar-refractivity contribution in [2.75, 3.05) is 0 Å². The molecule has 96 valence electrons. The van der Waals surface area contributed by atoms with Gasteiger partial charge in [-0.15, -0.1) is 0 Å². The minimum absolute atomic E-state index is 0.0273. The van der Waals surface area contributed by atoms with Gasteiger partial charge in [0.25, 0.3) is 0 Å². The number of benzene rings is 1. The van der Waals surface area contributed by atoms with Crippen LogP contribution in [-0.2, 0) is 5.41 Å². The van der Waals surface area contributed by atoms with Crippen LogP contribution in [0.25, 0.3) is 11.0 Å². The van der Waals surface area contributed by atoms with Crippen molar-refractivity contribution in [2.24, 2.45) is 0 Å². The normalized spacial score (nSPS) is 12.1. The van der Waals surface area contributed by atoms with Crippen molar-refractivity contribution in [1.82, 2.24) is 0 Å². The molecule has 0 aliphatic heterocycles. The number of aromatic carboxylic acids is 1. The summed E-state index contributed by atoms with van der Waals surface area (Å²) in [6, 6.07) is 3.42. The minimum Gasteiger partial charge on any atom is -0.475 e. The van der Waals surface area contributed by atoms with E-state index in [-0.39, 0.29) is 11.2 Å². The maximum absolute atomic E-state index is 11.3. The summed E-state index contributed by atoms with van der Waals surface area (Å²) in [6.45, 7) is 5.83. The molecule has 2 rings (SSSR count). The van der Waals surface area contributed by atoms with Crippen molar-refractivity contribution in [2.45, 2.75) is 26.2 Å². The summed E-state index contributed by atoms with van der Waals surface area (Å²) >= 11 is 9.36. The van der Waals surface area contributed by atoms with E-state index in [0.29, 0.717) is 20.6 Å². The van der Waals surface area contributed by atoms with Crippen LogP contribution in [0.2, 0.25) is 5.02 Å². The Hall–Kier alpha value is -1.00. The van der Waals surface area contributed by atoms with E-state index < -0.39 is 5.97 Å². The molecule has 0 aliphatic carbocycles. The predicted molar refractivity (Wildman–Crippen MR) is 74.6 cm³/mol. The van der Waals surface area contributed by atoms with Crippen LogP contribution in [-0.4, -0.2) is 11.1 Å². The molecule has 0 bridgehead atoms. The SMILES string of the molecule is CC(C)(C)c1c(C(=O)O)oc2c(Br)cc(Cl)cc12. The monoisotopic (exact) mass is 330 g/mol. The smallest absolute Gasteiger partial charge is 0.372 e. The van der Waals surface area contributed by atoms with E-state index in [0.717, 1.165) is 5.39 Å². The Morgan fingerprint density at radius 3 is 2.50 bits per heavy atom. The Morgan fingerprint density at radius 1 is 1.39 bits per heavy atom. The number of carboxylic acid groups (broad SMARTS) is 1. The topological polar surface area (TPSA) is 50.4 Å². The van der Waals surface area contributed by atoms with Crippen LogP contribution >= 0.6 is 27.5 Å². The van der Waals surface area contributed by atoms with Gasteiger partial charge in [-0.1, -0.05) is 32.4 Å². The lowest BCUT2D eigenvalue weighted by Crippen LogP contribution is -2.15. The molecule has 1 N–H and O–H groups in total. The Morgan fingerprint density at radius 2 is 2.00 bits per heavy atom. The van der Waals surface area contributed by atoms with Crippen molar-refractivity contribution >= 4 is 44.5 Å². The van der Waals surface area contributed by atoms with Gasteiger partial charge in [-0.3, -0.25) is 0 Å². The minimum atomic E-state index is -1.07. The summed E-state index contributed by atoms with van der Waals surface area (Å²) < 4.78 is 6.12. The van der Waals surface area contributed by atoms with Crippen molar-refractivity contribution in [3.8, 4) is 0 Å². The van der Waals surface area contributed by atoms with E-state index in [2.05, 4.69) is 15.9 Å². The molecular weight excluding hydrogens is 319 g/mol. The van der Waals surface area contributed by atoms with Gasteiger partial charge in [0.1, 0.15) is 5.58 Å². The number of halogens is 2. The molecule has 0 amide bonds. The van der Waals surface area contributed by atoms with Crippen molar-refractivity contribution in [1.29, 1.82) is 0 Å². The van der Waals surface area contributed by atoms with E-state index in [9.17, 15) is 9.90 Å². The molecule has 1 aromatic heterocycles. The molecule has 0 saturated heterocycles. The van der Waals surface area contributed by atoms with E-state index in [4.69, 9.17) is 16.0 Å². The number of carbonyl (C=O) groups is 1. The van der Waals surface area contributed by atoms with Crippen LogP contribution in [0.1, 0.15) is 36.9 Å². The first kappa shape index (κ1) is 13.4. The second-order valence-electron chi connectivity index (χ2n) is 5.13. The zero-order chi connectivity index (χ0) is 13.7. The number of rotatable bonds is 1. The van der Waals surface area contributed by atoms with Crippen molar-refractivity contribution in [3.05, 3.63) is 33.0 Å². The van der Waals surface area contributed by atoms with Crippen LogP contribution in [0, 0.1) is 0 Å². The molecule has 1 aromatic carbocycles. The van der Waals surface area contributed by atoms with Crippen LogP contribution in [0.4, 0.5) is 0 Å². The van der Waals surface area contributed by atoms with Gasteiger partial charge in [0.2, 0.25) is 5.76 Å². The zero-order valence-electron chi connectivity index (χ0n) is 10.2. The van der Waals surface area contributed by atoms with E-state index in [1.165, 1.54) is 0 Å². The summed E-state index contributed by atoms with van der Waals surface area (Å²) in [6.07, 6.45) is 0. The summed E-state index contributed by atoms with van der Waals surface area (Å²) in [7, 11) is 0. The average Bonchev–Trinajstić information content (AvgIpc) is 2.56. The van der Waals surface area contributed by atoms with Crippen LogP contribution in [0.15, 0.2) is 21.0 Å². The maximum atomic E-state index is 11.3. The highest BCUT2D eigenvalue weighted by Gasteiger charge is 2.29. The molecule has 5 heteroatoms. The lowest BCUT2D eigenvalue weighted by atomic mass is 9.85. The van der Waals surface area contributed by atoms with E-state index in [1.807, 2.05) is 20.8 Å². The fraction of sp³-hybridized carbons (Fsp3) is 0.308. The van der Waals surface area contributed by atoms with Gasteiger partial charge < -0.3 is 9.52 Å². The summed E-state index contributed by atoms with van der Waals surface area (Å²) in [5.74, 6) is -1.10. The fourth-order valence-corrected chi connectivity index (χ4v) is 2.91. The van der Waals surface area contributed by atoms with Crippen LogP contribution in [0.5, 0.6) is 0 Å². The largest absolute Gasteiger partial charge is 0.475 e. The molecule has 1 heterocycles. The third-order valence-corrected chi connectivity index (χ3v) is 3.46. The predicted octanol–water partition coefficient (Wildman–Crippen LogP) is 4.84. The molecule has 0 radical (unpaired) electrons. The van der Waals surface area contributed by atoms with E-state index in [1.54, 1.807) is 12.1 Å². The molecule has 0 saturated carbocycles. The number of hydrogen-bond acceptors (Lipinski definition) is 2. The Bertz CT molecular complexity index is 638. The second kappa shape index (κ2) is 4.28. The van der Waals surface area contributed by atoms with Gasteiger partial charge in [-0.25, -0.2) is 4.79 Å². The lowest BCUT2D eigenvalue weighted by molar-refractivity contribution is 0.0661. The first-order valence-corrected chi connectivity index (χ1v) is 6.54. The number of furan rings is 1. The average molecular weight is 332 g/mol. The molecule has 0 spiro atoms. The van der Waals surface area contributed by atoms with Crippen molar-refractivity contribution in [3.63, 3.8) is 0 Å². The standard InChI is InChI=1S/C13H12BrClO3/c1-13(2,3)9-7-4-6(15)5-8(14)10(7)18-11(9)12(16)17/h4-5H,1-3H3,(H,16,17). The quantitative estimate of drug-likeness (QED) is 0.813. The van der Waals surface area contributed by atoms with Gasteiger partial charge in [0, 0.05) is 16.0 Å².